The van der Waals surface area contributed by atoms with Gasteiger partial charge in [-0.15, -0.1) is 10.2 Å². The van der Waals surface area contributed by atoms with Gasteiger partial charge in [0, 0.05) is 37.9 Å². The third kappa shape index (κ3) is 3.16. The van der Waals surface area contributed by atoms with Crippen molar-refractivity contribution in [3.63, 3.8) is 0 Å². The molecule has 1 atom stereocenters. The van der Waals surface area contributed by atoms with Gasteiger partial charge in [0.1, 0.15) is 0 Å². The van der Waals surface area contributed by atoms with Crippen molar-refractivity contribution < 1.29 is 9.21 Å². The molecule has 2 fully saturated rings. The van der Waals surface area contributed by atoms with Gasteiger partial charge in [0.05, 0.1) is 6.54 Å². The smallest absolute Gasteiger partial charge is 0.230 e. The van der Waals surface area contributed by atoms with Crippen molar-refractivity contribution in [2.24, 2.45) is 5.41 Å². The second-order valence-corrected chi connectivity index (χ2v) is 6.67. The van der Waals surface area contributed by atoms with E-state index in [0.29, 0.717) is 24.1 Å². The first-order valence-corrected chi connectivity index (χ1v) is 8.45. The van der Waals surface area contributed by atoms with Crippen molar-refractivity contribution in [2.45, 2.75) is 52.5 Å². The van der Waals surface area contributed by atoms with Crippen LogP contribution in [0.25, 0.3) is 0 Å². The molecule has 0 aromatic carbocycles. The molecule has 0 unspecified atom stereocenters. The number of amides is 1. The molecule has 22 heavy (non-hydrogen) atoms. The van der Waals surface area contributed by atoms with E-state index in [-0.39, 0.29) is 5.41 Å². The Hall–Kier alpha value is -1.43. The molecule has 0 bridgehead atoms. The summed E-state index contributed by atoms with van der Waals surface area (Å²) in [6.07, 6.45) is 4.90. The lowest BCUT2D eigenvalue weighted by Gasteiger charge is -2.48. The van der Waals surface area contributed by atoms with Gasteiger partial charge in [-0.3, -0.25) is 9.69 Å². The molecule has 1 spiro atoms. The Labute approximate surface area is 131 Å². The van der Waals surface area contributed by atoms with Crippen molar-refractivity contribution in [3.8, 4) is 0 Å². The summed E-state index contributed by atoms with van der Waals surface area (Å²) in [7, 11) is 0. The zero-order chi connectivity index (χ0) is 15.6. The molecule has 0 aliphatic carbocycles. The largest absolute Gasteiger partial charge is 0.424 e. The number of aryl methyl sites for hydroxylation is 1. The first kappa shape index (κ1) is 15.5. The van der Waals surface area contributed by atoms with E-state index in [1.165, 1.54) is 12.8 Å². The lowest BCUT2D eigenvalue weighted by Crippen LogP contribution is -2.53. The average molecular weight is 306 g/mol. The van der Waals surface area contributed by atoms with Gasteiger partial charge in [0.15, 0.2) is 0 Å². The first-order valence-electron chi connectivity index (χ1n) is 8.45. The number of rotatable bonds is 4. The molecule has 1 amide bonds. The molecular weight excluding hydrogens is 280 g/mol. The van der Waals surface area contributed by atoms with Gasteiger partial charge in [-0.25, -0.2) is 0 Å². The van der Waals surface area contributed by atoms with Gasteiger partial charge in [-0.05, 0) is 32.7 Å². The molecule has 1 aromatic heterocycles. The molecule has 2 saturated heterocycles. The summed E-state index contributed by atoms with van der Waals surface area (Å²) in [5, 5.41) is 8.18. The molecule has 2 aliphatic rings. The minimum absolute atomic E-state index is 0.260. The Bertz CT molecular complexity index is 530. The summed E-state index contributed by atoms with van der Waals surface area (Å²) in [4.78, 5) is 16.4. The summed E-state index contributed by atoms with van der Waals surface area (Å²) < 4.78 is 5.64. The lowest BCUT2D eigenvalue weighted by molar-refractivity contribution is -0.139. The number of hydrogen-bond acceptors (Lipinski definition) is 5. The standard InChI is InChI=1S/C16H26N4O2/c1-3-13-17-18-14(22-13)10-19-9-5-7-16(11-19)8-6-15(21)20(4-2)12-16/h3-12H2,1-2H3/t16-/m0/s1. The zero-order valence-electron chi connectivity index (χ0n) is 13.7. The second-order valence-electron chi connectivity index (χ2n) is 6.67. The fourth-order valence-electron chi connectivity index (χ4n) is 3.86. The number of carbonyl (C=O) groups excluding carboxylic acids is 1. The van der Waals surface area contributed by atoms with Gasteiger partial charge in [0.25, 0.3) is 0 Å². The highest BCUT2D eigenvalue weighted by molar-refractivity contribution is 5.77. The van der Waals surface area contributed by atoms with Crippen LogP contribution in [0, 0.1) is 5.41 Å². The van der Waals surface area contributed by atoms with Crippen LogP contribution in [0.2, 0.25) is 0 Å². The number of aromatic nitrogens is 2. The Balaban J connectivity index is 1.64. The van der Waals surface area contributed by atoms with E-state index in [1.807, 2.05) is 11.8 Å². The van der Waals surface area contributed by atoms with Crippen LogP contribution in [-0.4, -0.2) is 52.1 Å². The van der Waals surface area contributed by atoms with Gasteiger partial charge in [-0.2, -0.15) is 0 Å². The summed E-state index contributed by atoms with van der Waals surface area (Å²) in [5.41, 5.74) is 0.260. The normalized spacial score (nSPS) is 26.8. The number of hydrogen-bond donors (Lipinski definition) is 0. The number of carbonyl (C=O) groups is 1. The molecule has 122 valence electrons. The van der Waals surface area contributed by atoms with E-state index in [1.54, 1.807) is 0 Å². The topological polar surface area (TPSA) is 62.5 Å². The molecule has 3 rings (SSSR count). The first-order chi connectivity index (χ1) is 10.6. The van der Waals surface area contributed by atoms with Crippen LogP contribution in [0.5, 0.6) is 0 Å². The van der Waals surface area contributed by atoms with E-state index in [0.717, 1.165) is 45.6 Å². The van der Waals surface area contributed by atoms with Crippen molar-refractivity contribution in [1.29, 1.82) is 0 Å². The van der Waals surface area contributed by atoms with Gasteiger partial charge in [-0.1, -0.05) is 6.92 Å². The van der Waals surface area contributed by atoms with Crippen molar-refractivity contribution in [2.75, 3.05) is 26.2 Å². The van der Waals surface area contributed by atoms with Crippen LogP contribution in [0.1, 0.15) is 51.3 Å². The van der Waals surface area contributed by atoms with Crippen LogP contribution in [0.3, 0.4) is 0 Å². The maximum atomic E-state index is 11.9. The SMILES string of the molecule is CCc1nnc(CN2CCC[C@]3(CCC(=O)N(CC)C3)C2)o1. The number of likely N-dealkylation sites (tertiary alicyclic amines) is 2. The number of nitrogens with zero attached hydrogens (tertiary/aromatic N) is 4. The van der Waals surface area contributed by atoms with Crippen LogP contribution in [0.15, 0.2) is 4.42 Å². The highest BCUT2D eigenvalue weighted by Crippen LogP contribution is 2.39. The van der Waals surface area contributed by atoms with E-state index < -0.39 is 0 Å². The zero-order valence-corrected chi connectivity index (χ0v) is 13.7. The summed E-state index contributed by atoms with van der Waals surface area (Å²) in [5.74, 6) is 1.74. The molecule has 0 radical (unpaired) electrons. The fraction of sp³-hybridized carbons (Fsp3) is 0.812. The van der Waals surface area contributed by atoms with E-state index >= 15 is 0 Å². The maximum Gasteiger partial charge on any atom is 0.230 e. The highest BCUT2D eigenvalue weighted by atomic mass is 16.4. The van der Waals surface area contributed by atoms with E-state index in [9.17, 15) is 4.79 Å². The van der Waals surface area contributed by atoms with Crippen LogP contribution >= 0.6 is 0 Å². The molecule has 6 heteroatoms. The van der Waals surface area contributed by atoms with Crippen molar-refractivity contribution in [1.82, 2.24) is 20.0 Å². The summed E-state index contributed by atoms with van der Waals surface area (Å²) >= 11 is 0. The Morgan fingerprint density at radius 2 is 2.00 bits per heavy atom. The lowest BCUT2D eigenvalue weighted by atomic mass is 9.73. The minimum Gasteiger partial charge on any atom is -0.424 e. The predicted molar refractivity (Wildman–Crippen MR) is 82.1 cm³/mol. The average Bonchev–Trinajstić information content (AvgIpc) is 2.98. The Morgan fingerprint density at radius 3 is 2.73 bits per heavy atom. The third-order valence-electron chi connectivity index (χ3n) is 5.04. The van der Waals surface area contributed by atoms with Crippen molar-refractivity contribution in [3.05, 3.63) is 11.8 Å². The minimum atomic E-state index is 0.260. The molecule has 2 aliphatic heterocycles. The highest BCUT2D eigenvalue weighted by Gasteiger charge is 2.41. The Kier molecular flexibility index (Phi) is 4.47. The third-order valence-corrected chi connectivity index (χ3v) is 5.04. The molecule has 0 saturated carbocycles. The van der Waals surface area contributed by atoms with Crippen LogP contribution in [-0.2, 0) is 17.8 Å². The monoisotopic (exact) mass is 306 g/mol. The predicted octanol–water partition coefficient (Wildman–Crippen LogP) is 1.86. The summed E-state index contributed by atoms with van der Waals surface area (Å²) in [6, 6.07) is 0. The number of piperidine rings is 2. The quantitative estimate of drug-likeness (QED) is 0.849. The Morgan fingerprint density at radius 1 is 1.18 bits per heavy atom. The van der Waals surface area contributed by atoms with E-state index in [2.05, 4.69) is 22.0 Å². The van der Waals surface area contributed by atoms with Crippen LogP contribution < -0.4 is 0 Å². The molecule has 0 N–H and O–H groups in total. The van der Waals surface area contributed by atoms with E-state index in [4.69, 9.17) is 4.42 Å². The second kappa shape index (κ2) is 6.36. The summed E-state index contributed by atoms with van der Waals surface area (Å²) in [6.45, 7) is 8.65. The molecule has 6 nitrogen and oxygen atoms in total. The van der Waals surface area contributed by atoms with Crippen molar-refractivity contribution >= 4 is 5.91 Å². The van der Waals surface area contributed by atoms with Crippen LogP contribution in [0.4, 0.5) is 0 Å². The molecule has 1 aromatic rings. The molecular formula is C16H26N4O2. The maximum absolute atomic E-state index is 11.9. The molecule has 3 heterocycles. The van der Waals surface area contributed by atoms with Gasteiger partial charge in [0.2, 0.25) is 17.7 Å². The van der Waals surface area contributed by atoms with Gasteiger partial charge < -0.3 is 9.32 Å². The fourth-order valence-corrected chi connectivity index (χ4v) is 3.86. The van der Waals surface area contributed by atoms with Gasteiger partial charge >= 0.3 is 0 Å².